The van der Waals surface area contributed by atoms with Crippen molar-refractivity contribution in [3.05, 3.63) is 25.3 Å². The van der Waals surface area contributed by atoms with Gasteiger partial charge in [-0.25, -0.2) is 0 Å². The molecule has 2 atom stereocenters. The van der Waals surface area contributed by atoms with E-state index < -0.39 is 24.8 Å². The van der Waals surface area contributed by atoms with Gasteiger partial charge < -0.3 is 20.5 Å². The van der Waals surface area contributed by atoms with Crippen molar-refractivity contribution in [2.24, 2.45) is 17.6 Å². The Hall–Kier alpha value is -2.64. The predicted octanol–water partition coefficient (Wildman–Crippen LogP) is 3.89. The molecule has 0 bridgehead atoms. The van der Waals surface area contributed by atoms with Crippen LogP contribution in [0.15, 0.2) is 25.3 Å². The molecule has 0 aromatic rings. The van der Waals surface area contributed by atoms with E-state index in [1.807, 2.05) is 26.8 Å². The van der Waals surface area contributed by atoms with Gasteiger partial charge in [0.25, 0.3) is 0 Å². The van der Waals surface area contributed by atoms with Crippen molar-refractivity contribution < 1.29 is 28.0 Å². The molecule has 0 spiro atoms. The lowest BCUT2D eigenvalue weighted by Gasteiger charge is -2.19. The van der Waals surface area contributed by atoms with Crippen LogP contribution in [-0.2, 0) is 23.9 Å². The summed E-state index contributed by atoms with van der Waals surface area (Å²) < 4.78 is 27.8. The summed E-state index contributed by atoms with van der Waals surface area (Å²) in [4.78, 5) is 34.1. The van der Waals surface area contributed by atoms with Crippen LogP contribution in [0.2, 0.25) is 0 Å². The minimum atomic E-state index is -1.42. The van der Waals surface area contributed by atoms with Crippen molar-refractivity contribution in [1.29, 1.82) is 5.41 Å². The molecule has 0 radical (unpaired) electrons. The number of allylic oxidation sites excluding steroid dienone is 2. The van der Waals surface area contributed by atoms with Crippen LogP contribution in [0.3, 0.4) is 0 Å². The minimum Gasteiger partial charge on any atom is -0.464 e. The third-order valence-corrected chi connectivity index (χ3v) is 4.29. The number of ketones is 1. The molecule has 8 nitrogen and oxygen atoms in total. The molecular formula is C24H43N3O5. The summed E-state index contributed by atoms with van der Waals surface area (Å²) in [5, 5.41) is 9.13. The second kappa shape index (κ2) is 17.0. The smallest absolute Gasteiger partial charge is 0.325 e. The highest BCUT2D eigenvalue weighted by Crippen LogP contribution is 2.39. The highest BCUT2D eigenvalue weighted by molar-refractivity contribution is 6.14. The van der Waals surface area contributed by atoms with Gasteiger partial charge in [0, 0.05) is 10.0 Å². The number of carbonyl (C=O) groups is 3. The lowest BCUT2D eigenvalue weighted by molar-refractivity contribution is -0.157. The van der Waals surface area contributed by atoms with Crippen molar-refractivity contribution in [1.82, 2.24) is 5.32 Å². The molecule has 0 amide bonds. The van der Waals surface area contributed by atoms with E-state index in [-0.39, 0.29) is 30.2 Å². The van der Waals surface area contributed by atoms with Crippen molar-refractivity contribution >= 4 is 23.7 Å². The second-order valence-electron chi connectivity index (χ2n) is 8.37. The lowest BCUT2D eigenvalue weighted by atomic mass is 10.1. The first-order valence-corrected chi connectivity index (χ1v) is 10.7. The molecule has 0 heterocycles. The number of unbranched alkanes of at least 4 members (excludes halogenated alkanes) is 4. The molecule has 0 aromatic carbocycles. The number of ether oxygens (including phenoxy) is 2. The molecule has 1 aliphatic rings. The van der Waals surface area contributed by atoms with Crippen LogP contribution in [0, 0.1) is 17.2 Å². The van der Waals surface area contributed by atoms with E-state index in [1.54, 1.807) is 6.08 Å². The Morgan fingerprint density at radius 1 is 1.22 bits per heavy atom. The van der Waals surface area contributed by atoms with Crippen molar-refractivity contribution in [2.45, 2.75) is 78.7 Å². The molecule has 1 fully saturated rings. The molecule has 184 valence electrons. The van der Waals surface area contributed by atoms with Gasteiger partial charge in [-0.2, -0.15) is 0 Å². The highest BCUT2D eigenvalue weighted by atomic mass is 16.6. The SMILES string of the molecule is C=CCCCCCC1C(=O)C1C(=O)OC(C)(C)C.C=CCCCOC(=O)CNC(=N)N.[2H]C([2H])[2H]. The Labute approximate surface area is 197 Å². The monoisotopic (exact) mass is 456 g/mol. The third kappa shape index (κ3) is 16.1. The number of guanidine groups is 1. The van der Waals surface area contributed by atoms with E-state index in [9.17, 15) is 14.4 Å². The quantitative estimate of drug-likeness (QED) is 0.0956. The van der Waals surface area contributed by atoms with Crippen molar-refractivity contribution in [3.8, 4) is 0 Å². The first kappa shape index (κ1) is 25.6. The molecule has 0 aliphatic heterocycles. The largest absolute Gasteiger partial charge is 0.464 e. The number of hydrogen-bond donors (Lipinski definition) is 3. The topological polar surface area (TPSA) is 132 Å². The molecule has 8 heteroatoms. The van der Waals surface area contributed by atoms with Gasteiger partial charge in [-0.1, -0.05) is 32.3 Å². The van der Waals surface area contributed by atoms with Gasteiger partial charge in [0.1, 0.15) is 18.1 Å². The Balaban J connectivity index is 0. The number of esters is 2. The van der Waals surface area contributed by atoms with Crippen LogP contribution in [0.1, 0.15) is 77.2 Å². The number of hydrogen-bond acceptors (Lipinski definition) is 6. The van der Waals surface area contributed by atoms with E-state index in [0.717, 1.165) is 44.9 Å². The van der Waals surface area contributed by atoms with Crippen molar-refractivity contribution in [2.75, 3.05) is 13.2 Å². The summed E-state index contributed by atoms with van der Waals surface area (Å²) in [5.41, 5.74) is 4.46. The van der Waals surface area contributed by atoms with Gasteiger partial charge in [0.15, 0.2) is 11.7 Å². The highest BCUT2D eigenvalue weighted by Gasteiger charge is 2.55. The number of Topliss-reactive ketones (excluding diaryl/α,β-unsaturated/α-hetero) is 1. The molecule has 1 aliphatic carbocycles. The van der Waals surface area contributed by atoms with Gasteiger partial charge >= 0.3 is 11.9 Å². The molecule has 32 heavy (non-hydrogen) atoms. The van der Waals surface area contributed by atoms with Crippen LogP contribution < -0.4 is 11.1 Å². The first-order valence-electron chi connectivity index (χ1n) is 12.5. The zero-order valence-corrected chi connectivity index (χ0v) is 19.8. The molecule has 4 N–H and O–H groups in total. The van der Waals surface area contributed by atoms with Crippen LogP contribution >= 0.6 is 0 Å². The fourth-order valence-electron chi connectivity index (χ4n) is 2.71. The average molecular weight is 457 g/mol. The number of nitrogens with one attached hydrogen (secondary N) is 2. The molecular weight excluding hydrogens is 410 g/mol. The third-order valence-electron chi connectivity index (χ3n) is 4.29. The number of nitrogens with two attached hydrogens (primary N) is 1. The predicted molar refractivity (Wildman–Crippen MR) is 128 cm³/mol. The maximum absolute atomic E-state index is 11.7. The zero-order valence-electron chi connectivity index (χ0n) is 22.8. The second-order valence-corrected chi connectivity index (χ2v) is 8.37. The first-order chi connectivity index (χ1) is 16.3. The molecule has 0 saturated heterocycles. The van der Waals surface area contributed by atoms with E-state index in [2.05, 4.69) is 18.5 Å². The van der Waals surface area contributed by atoms with Crippen LogP contribution in [0.4, 0.5) is 0 Å². The van der Waals surface area contributed by atoms with Gasteiger partial charge in [0.2, 0.25) is 0 Å². The Morgan fingerprint density at radius 3 is 2.34 bits per heavy atom. The van der Waals surface area contributed by atoms with Gasteiger partial charge in [0.05, 0.1) is 6.61 Å². The Morgan fingerprint density at radius 2 is 1.81 bits per heavy atom. The number of carbonyl (C=O) groups excluding carboxylic acids is 3. The molecule has 0 aromatic heterocycles. The summed E-state index contributed by atoms with van der Waals surface area (Å²) >= 11 is 0. The van der Waals surface area contributed by atoms with E-state index in [4.69, 9.17) is 24.7 Å². The fraction of sp³-hybridized carbons (Fsp3) is 0.667. The molecule has 1 saturated carbocycles. The summed E-state index contributed by atoms with van der Waals surface area (Å²) in [6.45, 7) is 13.0. The van der Waals surface area contributed by atoms with Crippen LogP contribution in [0.5, 0.6) is 0 Å². The standard InChI is InChI=1S/C15H24O3.C8H15N3O2.CH4/c1-5-6-7-8-9-10-11-12(13(11)16)14(17)18-15(2,3)4;1-2-3-4-5-13-7(12)6-11-8(9)10;/h5,11-12H,1,6-10H2,2-4H3;2H,1,3-6H2,(H4,9,10,11);1H4/i;;1D3. The summed E-state index contributed by atoms with van der Waals surface area (Å²) in [6, 6.07) is 0. The van der Waals surface area contributed by atoms with E-state index in [0.29, 0.717) is 6.61 Å². The maximum atomic E-state index is 11.7. The number of rotatable bonds is 13. The summed E-state index contributed by atoms with van der Waals surface area (Å²) in [6.07, 6.45) is 10.3. The van der Waals surface area contributed by atoms with Crippen LogP contribution in [0.25, 0.3) is 0 Å². The summed E-state index contributed by atoms with van der Waals surface area (Å²) in [5.74, 6) is -1.48. The average Bonchev–Trinajstić information content (AvgIpc) is 3.38. The fourth-order valence-corrected chi connectivity index (χ4v) is 2.71. The zero-order chi connectivity index (χ0) is 27.4. The maximum Gasteiger partial charge on any atom is 0.325 e. The normalized spacial score (nSPS) is 17.6. The van der Waals surface area contributed by atoms with Gasteiger partial charge in [-0.3, -0.25) is 19.8 Å². The Kier molecular flexibility index (Phi) is 13.6. The lowest BCUT2D eigenvalue weighted by Crippen LogP contribution is -2.35. The van der Waals surface area contributed by atoms with E-state index >= 15 is 0 Å². The molecule has 2 unspecified atom stereocenters. The Bertz CT molecular complexity index is 679. The van der Waals surface area contributed by atoms with E-state index in [1.165, 1.54) is 0 Å². The molecule has 1 rings (SSSR count). The van der Waals surface area contributed by atoms with Gasteiger partial charge in [-0.15, -0.1) is 13.2 Å². The van der Waals surface area contributed by atoms with Gasteiger partial charge in [-0.05, 0) is 52.9 Å². The van der Waals surface area contributed by atoms with Crippen molar-refractivity contribution in [3.63, 3.8) is 0 Å². The summed E-state index contributed by atoms with van der Waals surface area (Å²) in [7, 11) is -1.42. The minimum absolute atomic E-state index is 0.0522. The van der Waals surface area contributed by atoms with Crippen LogP contribution in [-0.4, -0.2) is 42.4 Å².